The maximum atomic E-state index is 12.4. The molecule has 1 aliphatic rings. The van der Waals surface area contributed by atoms with Gasteiger partial charge in [-0.2, -0.15) is 4.31 Å². The summed E-state index contributed by atoms with van der Waals surface area (Å²) in [7, 11) is -2.16. The summed E-state index contributed by atoms with van der Waals surface area (Å²) >= 11 is 1.15. The topological polar surface area (TPSA) is 69.7 Å². The Balaban J connectivity index is 1.48. The van der Waals surface area contributed by atoms with Gasteiger partial charge in [0.05, 0.1) is 6.54 Å². The average molecular weight is 394 g/mol. The minimum atomic E-state index is -3.60. The number of nitrogens with zero attached hydrogens (tertiary/aromatic N) is 2. The van der Waals surface area contributed by atoms with Crippen LogP contribution in [-0.4, -0.2) is 56.3 Å². The van der Waals surface area contributed by atoms with Crippen LogP contribution in [0.4, 0.5) is 0 Å². The van der Waals surface area contributed by atoms with Gasteiger partial charge in [-0.25, -0.2) is 8.42 Å². The first-order valence-electron chi connectivity index (χ1n) is 8.50. The molecule has 140 valence electrons. The quantitative estimate of drug-likeness (QED) is 0.778. The minimum Gasteiger partial charge on any atom is -0.351 e. The molecule has 8 heteroatoms. The van der Waals surface area contributed by atoms with E-state index in [-0.39, 0.29) is 22.7 Å². The summed E-state index contributed by atoms with van der Waals surface area (Å²) in [5.41, 5.74) is 1.25. The lowest BCUT2D eigenvalue weighted by Crippen LogP contribution is -2.43. The number of benzene rings is 1. The number of sulfonamides is 1. The van der Waals surface area contributed by atoms with E-state index in [0.29, 0.717) is 0 Å². The maximum absolute atomic E-state index is 12.4. The highest BCUT2D eigenvalue weighted by atomic mass is 32.2. The van der Waals surface area contributed by atoms with Gasteiger partial charge in [-0.15, -0.1) is 11.3 Å². The van der Waals surface area contributed by atoms with Crippen LogP contribution in [0.3, 0.4) is 0 Å². The van der Waals surface area contributed by atoms with Gasteiger partial charge in [0, 0.05) is 32.7 Å². The van der Waals surface area contributed by atoms with Crippen molar-refractivity contribution in [2.24, 2.45) is 0 Å². The van der Waals surface area contributed by atoms with Gasteiger partial charge >= 0.3 is 0 Å². The largest absolute Gasteiger partial charge is 0.351 e. The third-order valence-corrected chi connectivity index (χ3v) is 7.59. The summed E-state index contributed by atoms with van der Waals surface area (Å²) in [4.78, 5) is 14.6. The number of thiophene rings is 1. The molecule has 1 amide bonds. The SMILES string of the molecule is CN(CC(=O)NC1CCN(Cc2ccccc2)C1)S(=O)(=O)c1cccs1. The molecular weight excluding hydrogens is 370 g/mol. The van der Waals surface area contributed by atoms with Crippen molar-refractivity contribution in [3.8, 4) is 0 Å². The Bertz CT molecular complexity index is 823. The zero-order chi connectivity index (χ0) is 18.6. The molecule has 0 bridgehead atoms. The predicted molar refractivity (Wildman–Crippen MR) is 102 cm³/mol. The van der Waals surface area contributed by atoms with Crippen molar-refractivity contribution >= 4 is 27.3 Å². The van der Waals surface area contributed by atoms with E-state index in [1.165, 1.54) is 12.6 Å². The fourth-order valence-corrected chi connectivity index (χ4v) is 5.39. The van der Waals surface area contributed by atoms with Crippen LogP contribution in [0.25, 0.3) is 0 Å². The number of hydrogen-bond acceptors (Lipinski definition) is 5. The molecule has 0 aliphatic carbocycles. The Morgan fingerprint density at radius 2 is 2.04 bits per heavy atom. The second-order valence-corrected chi connectivity index (χ2v) is 9.69. The van der Waals surface area contributed by atoms with Crippen LogP contribution in [0, 0.1) is 0 Å². The molecule has 2 aromatic rings. The number of likely N-dealkylation sites (N-methyl/N-ethyl adjacent to an activating group) is 1. The van der Waals surface area contributed by atoms with Crippen LogP contribution in [0.1, 0.15) is 12.0 Å². The summed E-state index contributed by atoms with van der Waals surface area (Å²) in [5, 5.41) is 4.67. The fourth-order valence-electron chi connectivity index (χ4n) is 3.06. The van der Waals surface area contributed by atoms with Gasteiger partial charge in [-0.05, 0) is 23.4 Å². The van der Waals surface area contributed by atoms with Gasteiger partial charge < -0.3 is 5.32 Å². The number of amides is 1. The first-order valence-corrected chi connectivity index (χ1v) is 10.8. The summed E-state index contributed by atoms with van der Waals surface area (Å²) in [6, 6.07) is 13.5. The molecule has 1 unspecified atom stereocenters. The molecule has 0 radical (unpaired) electrons. The van der Waals surface area contributed by atoms with Crippen LogP contribution in [0.2, 0.25) is 0 Å². The Kier molecular flexibility index (Phi) is 6.08. The van der Waals surface area contributed by atoms with Gasteiger partial charge in [0.25, 0.3) is 10.0 Å². The Labute approximate surface area is 158 Å². The van der Waals surface area contributed by atoms with Gasteiger partial charge in [0.2, 0.25) is 5.91 Å². The molecule has 26 heavy (non-hydrogen) atoms. The van der Waals surface area contributed by atoms with Crippen LogP contribution in [0.15, 0.2) is 52.1 Å². The van der Waals surface area contributed by atoms with Crippen molar-refractivity contribution < 1.29 is 13.2 Å². The summed E-state index contributed by atoms with van der Waals surface area (Å²) in [6.45, 7) is 2.39. The Hall–Kier alpha value is -1.74. The van der Waals surface area contributed by atoms with Crippen LogP contribution >= 0.6 is 11.3 Å². The highest BCUT2D eigenvalue weighted by Crippen LogP contribution is 2.19. The number of likely N-dealkylation sites (tertiary alicyclic amines) is 1. The van der Waals surface area contributed by atoms with Crippen LogP contribution < -0.4 is 5.32 Å². The second-order valence-electron chi connectivity index (χ2n) is 6.47. The van der Waals surface area contributed by atoms with E-state index in [9.17, 15) is 13.2 Å². The molecule has 0 spiro atoms. The smallest absolute Gasteiger partial charge is 0.252 e. The van der Waals surface area contributed by atoms with E-state index in [4.69, 9.17) is 0 Å². The molecule has 1 aromatic carbocycles. The third kappa shape index (κ3) is 4.70. The van der Waals surface area contributed by atoms with Gasteiger partial charge in [0.1, 0.15) is 4.21 Å². The lowest BCUT2D eigenvalue weighted by Gasteiger charge is -2.19. The molecule has 3 rings (SSSR count). The van der Waals surface area contributed by atoms with E-state index < -0.39 is 10.0 Å². The zero-order valence-electron chi connectivity index (χ0n) is 14.7. The molecule has 1 aliphatic heterocycles. The predicted octanol–water partition coefficient (Wildman–Crippen LogP) is 1.76. The maximum Gasteiger partial charge on any atom is 0.252 e. The first-order chi connectivity index (χ1) is 12.4. The summed E-state index contributed by atoms with van der Waals surface area (Å²) < 4.78 is 26.1. The third-order valence-electron chi connectivity index (χ3n) is 4.41. The number of hydrogen-bond donors (Lipinski definition) is 1. The van der Waals surface area contributed by atoms with E-state index in [2.05, 4.69) is 22.3 Å². The summed E-state index contributed by atoms with van der Waals surface area (Å²) in [5.74, 6) is -0.265. The van der Waals surface area contributed by atoms with Gasteiger partial charge in [-0.3, -0.25) is 9.69 Å². The molecule has 1 N–H and O–H groups in total. The molecule has 1 saturated heterocycles. The van der Waals surface area contributed by atoms with Gasteiger partial charge in [-0.1, -0.05) is 36.4 Å². The number of carbonyl (C=O) groups excluding carboxylic acids is 1. The van der Waals surface area contributed by atoms with Gasteiger partial charge in [0.15, 0.2) is 0 Å². The van der Waals surface area contributed by atoms with Crippen molar-refractivity contribution in [2.75, 3.05) is 26.7 Å². The molecule has 6 nitrogen and oxygen atoms in total. The van der Waals surface area contributed by atoms with Crippen LogP contribution in [0.5, 0.6) is 0 Å². The summed E-state index contributed by atoms with van der Waals surface area (Å²) in [6.07, 6.45) is 0.875. The van der Waals surface area contributed by atoms with Crippen molar-refractivity contribution in [1.82, 2.24) is 14.5 Å². The number of carbonyl (C=O) groups is 1. The van der Waals surface area contributed by atoms with Crippen molar-refractivity contribution in [2.45, 2.75) is 23.2 Å². The van der Waals surface area contributed by atoms with Crippen molar-refractivity contribution in [3.05, 3.63) is 53.4 Å². The second kappa shape index (κ2) is 8.30. The van der Waals surface area contributed by atoms with E-state index >= 15 is 0 Å². The first kappa shape index (κ1) is 19.0. The highest BCUT2D eigenvalue weighted by molar-refractivity contribution is 7.91. The van der Waals surface area contributed by atoms with E-state index in [0.717, 1.165) is 41.7 Å². The van der Waals surface area contributed by atoms with Crippen LogP contribution in [-0.2, 0) is 21.4 Å². The van der Waals surface area contributed by atoms with Crippen molar-refractivity contribution in [3.63, 3.8) is 0 Å². The van der Waals surface area contributed by atoms with E-state index in [1.54, 1.807) is 17.5 Å². The Morgan fingerprint density at radius 1 is 1.27 bits per heavy atom. The normalized spacial score (nSPS) is 18.3. The molecule has 1 aromatic heterocycles. The fraction of sp³-hybridized carbons (Fsp3) is 0.389. The Morgan fingerprint density at radius 3 is 2.73 bits per heavy atom. The molecule has 1 atom stereocenters. The standard InChI is InChI=1S/C18H23N3O3S2/c1-20(26(23,24)18-8-5-11-25-18)14-17(22)19-16-9-10-21(13-16)12-15-6-3-2-4-7-15/h2-8,11,16H,9-10,12-14H2,1H3,(H,19,22). The number of rotatable bonds is 7. The molecular formula is C18H23N3O3S2. The number of nitrogens with one attached hydrogen (secondary N) is 1. The lowest BCUT2D eigenvalue weighted by molar-refractivity contribution is -0.121. The minimum absolute atomic E-state index is 0.0593. The zero-order valence-corrected chi connectivity index (χ0v) is 16.3. The molecule has 1 fully saturated rings. The average Bonchev–Trinajstić information content (AvgIpc) is 3.28. The molecule has 2 heterocycles. The molecule has 0 saturated carbocycles. The highest BCUT2D eigenvalue weighted by Gasteiger charge is 2.27. The monoisotopic (exact) mass is 393 g/mol. The van der Waals surface area contributed by atoms with E-state index in [1.807, 2.05) is 18.2 Å². The lowest BCUT2D eigenvalue weighted by atomic mass is 10.2. The van der Waals surface area contributed by atoms with Crippen molar-refractivity contribution in [1.29, 1.82) is 0 Å².